The van der Waals surface area contributed by atoms with Crippen LogP contribution in [0.3, 0.4) is 0 Å². The maximum atomic E-state index is 11.7. The van der Waals surface area contributed by atoms with E-state index >= 15 is 0 Å². The number of carbonyl (C=O) groups is 1. The van der Waals surface area contributed by atoms with Crippen molar-refractivity contribution in [2.24, 2.45) is 5.10 Å². The maximum absolute atomic E-state index is 11.7. The number of aromatic carboxylic acids is 1. The van der Waals surface area contributed by atoms with Crippen molar-refractivity contribution in [2.75, 3.05) is 5.43 Å². The third-order valence-electron chi connectivity index (χ3n) is 4.67. The Bertz CT molecular complexity index is 1070. The van der Waals surface area contributed by atoms with Gasteiger partial charge in [0.1, 0.15) is 0 Å². The lowest BCUT2D eigenvalue weighted by Crippen LogP contribution is -2.04. The number of rotatable bonds is 3. The van der Waals surface area contributed by atoms with Crippen LogP contribution in [0.25, 0.3) is 11.1 Å². The van der Waals surface area contributed by atoms with E-state index in [4.69, 9.17) is 0 Å². The van der Waals surface area contributed by atoms with Gasteiger partial charge in [-0.05, 0) is 37.1 Å². The number of hydrogen-bond donors (Lipinski definition) is 2. The quantitative estimate of drug-likeness (QED) is 0.523. The summed E-state index contributed by atoms with van der Waals surface area (Å²) >= 11 is 0. The predicted molar refractivity (Wildman–Crippen MR) is 104 cm³/mol. The third kappa shape index (κ3) is 2.56. The van der Waals surface area contributed by atoms with Crippen LogP contribution in [0, 0.1) is 13.8 Å². The second-order valence-electron chi connectivity index (χ2n) is 6.47. The van der Waals surface area contributed by atoms with Crippen molar-refractivity contribution in [3.8, 4) is 11.1 Å². The van der Waals surface area contributed by atoms with E-state index in [1.807, 2.05) is 49.4 Å². The molecular weight excluding hydrogens is 324 g/mol. The molecule has 0 saturated carbocycles. The van der Waals surface area contributed by atoms with Gasteiger partial charge in [-0.2, -0.15) is 5.10 Å². The first-order valence-corrected chi connectivity index (χ1v) is 8.43. The molecule has 3 aromatic carbocycles. The molecular formula is C22H18N2O2. The second kappa shape index (κ2) is 6.15. The van der Waals surface area contributed by atoms with Crippen LogP contribution in [0.2, 0.25) is 0 Å². The number of nitrogens with one attached hydrogen (secondary N) is 1. The lowest BCUT2D eigenvalue weighted by atomic mass is 10.00. The summed E-state index contributed by atoms with van der Waals surface area (Å²) < 4.78 is 0. The van der Waals surface area contributed by atoms with Crippen LogP contribution in [-0.2, 0) is 0 Å². The van der Waals surface area contributed by atoms with Crippen molar-refractivity contribution >= 4 is 17.4 Å². The lowest BCUT2D eigenvalue weighted by molar-refractivity contribution is 0.0697. The molecule has 0 amide bonds. The molecule has 0 unspecified atom stereocenters. The Balaban J connectivity index is 1.86. The summed E-state index contributed by atoms with van der Waals surface area (Å²) in [6.45, 7) is 4.09. The van der Waals surface area contributed by atoms with E-state index in [1.54, 1.807) is 12.1 Å². The number of carboxylic acid groups (broad SMARTS) is 1. The summed E-state index contributed by atoms with van der Waals surface area (Å²) in [5.41, 5.74) is 10.9. The van der Waals surface area contributed by atoms with E-state index in [0.717, 1.165) is 39.2 Å². The number of hydrazone groups is 1. The van der Waals surface area contributed by atoms with Gasteiger partial charge in [-0.1, -0.05) is 54.1 Å². The average Bonchev–Trinajstić information content (AvgIpc) is 2.95. The molecule has 1 aliphatic carbocycles. The van der Waals surface area contributed by atoms with Gasteiger partial charge >= 0.3 is 5.97 Å². The number of fused-ring (bicyclic) bond motifs is 3. The Kier molecular flexibility index (Phi) is 3.81. The zero-order valence-corrected chi connectivity index (χ0v) is 14.6. The van der Waals surface area contributed by atoms with Gasteiger partial charge in [0, 0.05) is 16.7 Å². The van der Waals surface area contributed by atoms with Gasteiger partial charge in [-0.3, -0.25) is 5.43 Å². The highest BCUT2D eigenvalue weighted by Gasteiger charge is 2.28. The SMILES string of the molecule is Cc1ccc(N/N=C2/c3ccccc3-c3c(C(=O)O)cccc32)c(C)c1. The molecule has 0 aliphatic heterocycles. The van der Waals surface area contributed by atoms with Crippen molar-refractivity contribution in [3.63, 3.8) is 0 Å². The summed E-state index contributed by atoms with van der Waals surface area (Å²) in [6, 6.07) is 19.2. The summed E-state index contributed by atoms with van der Waals surface area (Å²) in [5.74, 6) is -0.930. The van der Waals surface area contributed by atoms with Crippen molar-refractivity contribution in [1.82, 2.24) is 0 Å². The Morgan fingerprint density at radius 1 is 0.923 bits per heavy atom. The topological polar surface area (TPSA) is 61.7 Å². The number of hydrogen-bond acceptors (Lipinski definition) is 3. The average molecular weight is 342 g/mol. The first kappa shape index (κ1) is 16.1. The molecule has 2 N–H and O–H groups in total. The molecule has 3 aromatic rings. The Morgan fingerprint density at radius 3 is 2.38 bits per heavy atom. The Labute approximate surface area is 151 Å². The van der Waals surface area contributed by atoms with Crippen LogP contribution in [0.4, 0.5) is 5.69 Å². The van der Waals surface area contributed by atoms with Gasteiger partial charge in [-0.15, -0.1) is 0 Å². The first-order valence-electron chi connectivity index (χ1n) is 8.43. The summed E-state index contributed by atoms with van der Waals surface area (Å²) in [6.07, 6.45) is 0. The minimum absolute atomic E-state index is 0.298. The van der Waals surface area contributed by atoms with Crippen molar-refractivity contribution in [1.29, 1.82) is 0 Å². The molecule has 4 nitrogen and oxygen atoms in total. The molecule has 0 bridgehead atoms. The zero-order valence-electron chi connectivity index (χ0n) is 14.6. The summed E-state index contributed by atoms with van der Waals surface area (Å²) in [7, 11) is 0. The van der Waals surface area contributed by atoms with E-state index in [2.05, 4.69) is 23.5 Å². The van der Waals surface area contributed by atoms with Gasteiger partial charge in [0.25, 0.3) is 0 Å². The van der Waals surface area contributed by atoms with Crippen LogP contribution in [0.1, 0.15) is 32.6 Å². The maximum Gasteiger partial charge on any atom is 0.336 e. The molecule has 4 rings (SSSR count). The van der Waals surface area contributed by atoms with Gasteiger partial charge < -0.3 is 5.11 Å². The number of carboxylic acids is 1. The van der Waals surface area contributed by atoms with Gasteiger partial charge in [-0.25, -0.2) is 4.79 Å². The molecule has 4 heteroatoms. The molecule has 1 aliphatic rings. The number of aryl methyl sites for hydroxylation is 2. The fourth-order valence-electron chi connectivity index (χ4n) is 3.45. The van der Waals surface area contributed by atoms with Crippen LogP contribution >= 0.6 is 0 Å². The molecule has 0 radical (unpaired) electrons. The van der Waals surface area contributed by atoms with Crippen LogP contribution in [0.5, 0.6) is 0 Å². The fourth-order valence-corrected chi connectivity index (χ4v) is 3.45. The number of nitrogens with zero attached hydrogens (tertiary/aromatic N) is 1. The van der Waals surface area contributed by atoms with E-state index in [0.29, 0.717) is 5.56 Å². The van der Waals surface area contributed by atoms with Crippen LogP contribution in [0.15, 0.2) is 65.8 Å². The van der Waals surface area contributed by atoms with Gasteiger partial charge in [0.05, 0.1) is 17.0 Å². The van der Waals surface area contributed by atoms with Gasteiger partial charge in [0.2, 0.25) is 0 Å². The van der Waals surface area contributed by atoms with E-state index < -0.39 is 5.97 Å². The molecule has 0 spiro atoms. The summed E-state index contributed by atoms with van der Waals surface area (Å²) in [4.78, 5) is 11.7. The van der Waals surface area contributed by atoms with Gasteiger partial charge in [0.15, 0.2) is 0 Å². The first-order chi connectivity index (χ1) is 12.6. The monoisotopic (exact) mass is 342 g/mol. The smallest absolute Gasteiger partial charge is 0.336 e. The lowest BCUT2D eigenvalue weighted by Gasteiger charge is -2.08. The second-order valence-corrected chi connectivity index (χ2v) is 6.47. The standard InChI is InChI=1S/C22H18N2O2/c1-13-10-11-19(14(2)12-13)23-24-21-16-7-4-3-6-15(16)20-17(21)8-5-9-18(20)22(25)26/h3-12,23H,1-2H3,(H,25,26)/b24-21-. The molecule has 128 valence electrons. The largest absolute Gasteiger partial charge is 0.478 e. The Morgan fingerprint density at radius 2 is 1.65 bits per heavy atom. The third-order valence-corrected chi connectivity index (χ3v) is 4.67. The van der Waals surface area contributed by atoms with E-state index in [9.17, 15) is 9.90 Å². The number of benzene rings is 3. The fraction of sp³-hybridized carbons (Fsp3) is 0.0909. The Hall–Kier alpha value is -3.40. The minimum atomic E-state index is -0.930. The number of anilines is 1. The normalized spacial score (nSPS) is 13.4. The highest BCUT2D eigenvalue weighted by Crippen LogP contribution is 2.39. The highest BCUT2D eigenvalue weighted by molar-refractivity contribution is 6.26. The highest BCUT2D eigenvalue weighted by atomic mass is 16.4. The molecule has 0 heterocycles. The van der Waals surface area contributed by atoms with Crippen LogP contribution in [-0.4, -0.2) is 16.8 Å². The van der Waals surface area contributed by atoms with E-state index in [1.165, 1.54) is 5.56 Å². The molecule has 0 atom stereocenters. The van der Waals surface area contributed by atoms with E-state index in [-0.39, 0.29) is 0 Å². The van der Waals surface area contributed by atoms with Crippen molar-refractivity contribution < 1.29 is 9.90 Å². The molecule has 0 fully saturated rings. The molecule has 0 aromatic heterocycles. The van der Waals surface area contributed by atoms with Crippen molar-refractivity contribution in [3.05, 3.63) is 88.5 Å². The predicted octanol–water partition coefficient (Wildman–Crippen LogP) is 4.85. The van der Waals surface area contributed by atoms with Crippen LogP contribution < -0.4 is 5.43 Å². The zero-order chi connectivity index (χ0) is 18.3. The molecule has 26 heavy (non-hydrogen) atoms. The molecule has 0 saturated heterocycles. The summed E-state index contributed by atoms with van der Waals surface area (Å²) in [5, 5.41) is 14.2. The minimum Gasteiger partial charge on any atom is -0.478 e. The van der Waals surface area contributed by atoms with Crippen molar-refractivity contribution in [2.45, 2.75) is 13.8 Å².